The molecule has 2 amide bonds. The van der Waals surface area contributed by atoms with Crippen LogP contribution in [0.2, 0.25) is 0 Å². The minimum atomic E-state index is -0.160. The summed E-state index contributed by atoms with van der Waals surface area (Å²) in [5.74, 6) is 0. The van der Waals surface area contributed by atoms with E-state index in [4.69, 9.17) is 5.73 Å². The van der Waals surface area contributed by atoms with Crippen LogP contribution in [0.4, 0.5) is 10.5 Å². The molecule has 0 saturated carbocycles. The van der Waals surface area contributed by atoms with E-state index < -0.39 is 0 Å². The second-order valence-electron chi connectivity index (χ2n) is 3.40. The van der Waals surface area contributed by atoms with Crippen LogP contribution < -0.4 is 16.4 Å². The van der Waals surface area contributed by atoms with E-state index in [0.717, 1.165) is 5.56 Å². The number of amides is 2. The molecule has 0 fully saturated rings. The lowest BCUT2D eigenvalue weighted by Gasteiger charge is -2.14. The van der Waals surface area contributed by atoms with Crippen LogP contribution >= 0.6 is 0 Å². The van der Waals surface area contributed by atoms with Crippen LogP contribution in [0.5, 0.6) is 0 Å². The zero-order valence-electron chi connectivity index (χ0n) is 9.08. The van der Waals surface area contributed by atoms with Crippen molar-refractivity contribution in [3.63, 3.8) is 0 Å². The maximum atomic E-state index is 11.3. The van der Waals surface area contributed by atoms with E-state index in [1.807, 2.05) is 38.1 Å². The van der Waals surface area contributed by atoms with Crippen molar-refractivity contribution in [1.29, 1.82) is 0 Å². The van der Waals surface area contributed by atoms with Gasteiger partial charge in [0, 0.05) is 12.2 Å². The SMILES string of the molecule is CCNC(=O)NC(C)c1cccc(N)c1. The van der Waals surface area contributed by atoms with Crippen LogP contribution in [0.1, 0.15) is 25.5 Å². The predicted octanol–water partition coefficient (Wildman–Crippen LogP) is 1.65. The zero-order valence-corrected chi connectivity index (χ0v) is 9.08. The minimum Gasteiger partial charge on any atom is -0.399 e. The van der Waals surface area contributed by atoms with Gasteiger partial charge in [0.05, 0.1) is 6.04 Å². The van der Waals surface area contributed by atoms with Crippen molar-refractivity contribution >= 4 is 11.7 Å². The molecule has 0 bridgehead atoms. The van der Waals surface area contributed by atoms with E-state index in [2.05, 4.69) is 10.6 Å². The predicted molar refractivity (Wildman–Crippen MR) is 61.5 cm³/mol. The highest BCUT2D eigenvalue weighted by molar-refractivity contribution is 5.74. The van der Waals surface area contributed by atoms with Crippen molar-refractivity contribution in [1.82, 2.24) is 10.6 Å². The van der Waals surface area contributed by atoms with Gasteiger partial charge >= 0.3 is 6.03 Å². The van der Waals surface area contributed by atoms with Gasteiger partial charge in [-0.15, -0.1) is 0 Å². The first-order chi connectivity index (χ1) is 7.13. The van der Waals surface area contributed by atoms with E-state index in [9.17, 15) is 4.79 Å². The van der Waals surface area contributed by atoms with E-state index in [-0.39, 0.29) is 12.1 Å². The summed E-state index contributed by atoms with van der Waals surface area (Å²) < 4.78 is 0. The van der Waals surface area contributed by atoms with Gasteiger partial charge in [-0.1, -0.05) is 12.1 Å². The average molecular weight is 207 g/mol. The van der Waals surface area contributed by atoms with Gasteiger partial charge in [-0.3, -0.25) is 0 Å². The van der Waals surface area contributed by atoms with Crippen LogP contribution in [-0.2, 0) is 0 Å². The Kier molecular flexibility index (Phi) is 3.97. The fraction of sp³-hybridized carbons (Fsp3) is 0.364. The number of hydrogen-bond acceptors (Lipinski definition) is 2. The average Bonchev–Trinajstić information content (AvgIpc) is 2.18. The standard InChI is InChI=1S/C11H17N3O/c1-3-13-11(15)14-8(2)9-5-4-6-10(12)7-9/h4-8H,3,12H2,1-2H3,(H2,13,14,15). The Balaban J connectivity index is 2.60. The zero-order chi connectivity index (χ0) is 11.3. The van der Waals surface area contributed by atoms with E-state index >= 15 is 0 Å². The normalized spacial score (nSPS) is 11.9. The third kappa shape index (κ3) is 3.50. The van der Waals surface area contributed by atoms with E-state index in [1.165, 1.54) is 0 Å². The number of nitrogen functional groups attached to an aromatic ring is 1. The molecule has 0 heterocycles. The first-order valence-electron chi connectivity index (χ1n) is 5.03. The number of rotatable bonds is 3. The highest BCUT2D eigenvalue weighted by atomic mass is 16.2. The maximum Gasteiger partial charge on any atom is 0.315 e. The number of carbonyl (C=O) groups is 1. The van der Waals surface area contributed by atoms with Crippen molar-refractivity contribution in [3.05, 3.63) is 29.8 Å². The molecule has 4 heteroatoms. The molecule has 0 aliphatic rings. The van der Waals surface area contributed by atoms with Gasteiger partial charge in [0.2, 0.25) is 0 Å². The lowest BCUT2D eigenvalue weighted by molar-refractivity contribution is 0.238. The summed E-state index contributed by atoms with van der Waals surface area (Å²) in [7, 11) is 0. The molecule has 1 rings (SSSR count). The molecule has 0 aliphatic carbocycles. The molecule has 15 heavy (non-hydrogen) atoms. The number of nitrogens with one attached hydrogen (secondary N) is 2. The first kappa shape index (κ1) is 11.4. The molecule has 0 aliphatic heterocycles. The molecule has 1 aromatic carbocycles. The molecule has 1 unspecified atom stereocenters. The van der Waals surface area contributed by atoms with E-state index in [0.29, 0.717) is 12.2 Å². The molecule has 4 N–H and O–H groups in total. The number of anilines is 1. The van der Waals surface area contributed by atoms with Crippen LogP contribution in [0.3, 0.4) is 0 Å². The minimum absolute atomic E-state index is 0.0416. The lowest BCUT2D eigenvalue weighted by atomic mass is 10.1. The molecular weight excluding hydrogens is 190 g/mol. The van der Waals surface area contributed by atoms with Gasteiger partial charge in [0.1, 0.15) is 0 Å². The van der Waals surface area contributed by atoms with Crippen molar-refractivity contribution in [3.8, 4) is 0 Å². The Morgan fingerprint density at radius 1 is 1.53 bits per heavy atom. The Labute approximate surface area is 89.9 Å². The summed E-state index contributed by atoms with van der Waals surface area (Å²) in [5, 5.41) is 5.50. The highest BCUT2D eigenvalue weighted by Gasteiger charge is 2.08. The van der Waals surface area contributed by atoms with Gasteiger partial charge < -0.3 is 16.4 Å². The Hall–Kier alpha value is -1.71. The molecule has 0 saturated heterocycles. The fourth-order valence-corrected chi connectivity index (χ4v) is 1.32. The topological polar surface area (TPSA) is 67.2 Å². The summed E-state index contributed by atoms with van der Waals surface area (Å²) in [6.45, 7) is 4.42. The molecule has 0 aromatic heterocycles. The largest absolute Gasteiger partial charge is 0.399 e. The van der Waals surface area contributed by atoms with Crippen molar-refractivity contribution in [2.45, 2.75) is 19.9 Å². The van der Waals surface area contributed by atoms with Gasteiger partial charge in [-0.2, -0.15) is 0 Å². The van der Waals surface area contributed by atoms with Gasteiger partial charge in [0.25, 0.3) is 0 Å². The van der Waals surface area contributed by atoms with Crippen LogP contribution in [0.15, 0.2) is 24.3 Å². The summed E-state index contributed by atoms with van der Waals surface area (Å²) >= 11 is 0. The number of carbonyl (C=O) groups excluding carboxylic acids is 1. The molecule has 82 valence electrons. The Morgan fingerprint density at radius 2 is 2.27 bits per heavy atom. The second kappa shape index (κ2) is 5.24. The number of nitrogens with two attached hydrogens (primary N) is 1. The summed E-state index contributed by atoms with van der Waals surface area (Å²) in [4.78, 5) is 11.3. The summed E-state index contributed by atoms with van der Waals surface area (Å²) in [6, 6.07) is 7.29. The highest BCUT2D eigenvalue weighted by Crippen LogP contribution is 2.14. The lowest BCUT2D eigenvalue weighted by Crippen LogP contribution is -2.36. The smallest absolute Gasteiger partial charge is 0.315 e. The van der Waals surface area contributed by atoms with Crippen molar-refractivity contribution in [2.24, 2.45) is 0 Å². The second-order valence-corrected chi connectivity index (χ2v) is 3.40. The Morgan fingerprint density at radius 3 is 2.87 bits per heavy atom. The molecule has 0 radical (unpaired) electrons. The Bertz CT molecular complexity index is 338. The first-order valence-corrected chi connectivity index (χ1v) is 5.03. The third-order valence-corrected chi connectivity index (χ3v) is 2.10. The van der Waals surface area contributed by atoms with Gasteiger partial charge in [-0.05, 0) is 31.5 Å². The maximum absolute atomic E-state index is 11.3. The number of hydrogen-bond donors (Lipinski definition) is 3. The van der Waals surface area contributed by atoms with Crippen LogP contribution in [-0.4, -0.2) is 12.6 Å². The van der Waals surface area contributed by atoms with Crippen molar-refractivity contribution in [2.75, 3.05) is 12.3 Å². The third-order valence-electron chi connectivity index (χ3n) is 2.10. The van der Waals surface area contributed by atoms with Gasteiger partial charge in [-0.25, -0.2) is 4.79 Å². The monoisotopic (exact) mass is 207 g/mol. The molecular formula is C11H17N3O. The molecule has 4 nitrogen and oxygen atoms in total. The fourth-order valence-electron chi connectivity index (χ4n) is 1.32. The number of urea groups is 1. The van der Waals surface area contributed by atoms with Crippen molar-refractivity contribution < 1.29 is 4.79 Å². The quantitative estimate of drug-likeness (QED) is 0.660. The van der Waals surface area contributed by atoms with Gasteiger partial charge in [0.15, 0.2) is 0 Å². The van der Waals surface area contributed by atoms with Crippen LogP contribution in [0.25, 0.3) is 0 Å². The molecule has 1 aromatic rings. The molecule has 1 atom stereocenters. The molecule has 0 spiro atoms. The summed E-state index contributed by atoms with van der Waals surface area (Å²) in [6.07, 6.45) is 0. The van der Waals surface area contributed by atoms with Crippen LogP contribution in [0, 0.1) is 0 Å². The summed E-state index contributed by atoms with van der Waals surface area (Å²) in [5.41, 5.74) is 7.36. The van der Waals surface area contributed by atoms with E-state index in [1.54, 1.807) is 0 Å². The number of benzene rings is 1.